The van der Waals surface area contributed by atoms with Crippen molar-refractivity contribution in [3.63, 3.8) is 0 Å². The number of phenolic OH excluding ortho intramolecular Hbond substituents is 1. The number of carbonyl (C=O) groups excluding carboxylic acids is 2. The average molecular weight is 390 g/mol. The van der Waals surface area contributed by atoms with Crippen LogP contribution in [0, 0.1) is 0 Å². The summed E-state index contributed by atoms with van der Waals surface area (Å²) in [5.41, 5.74) is 3.47. The van der Waals surface area contributed by atoms with Gasteiger partial charge in [0, 0.05) is 28.6 Å². The Morgan fingerprint density at radius 2 is 1.79 bits per heavy atom. The van der Waals surface area contributed by atoms with Gasteiger partial charge in [0.2, 0.25) is 11.8 Å². The van der Waals surface area contributed by atoms with Gasteiger partial charge < -0.3 is 10.4 Å². The van der Waals surface area contributed by atoms with Gasteiger partial charge in [-0.2, -0.15) is 5.10 Å². The number of para-hydroxylation sites is 1. The fraction of sp³-hybridized carbons (Fsp3) is 0.118. The Bertz CT molecular complexity index is 748. The standard InChI is InChI=1S/C17H16BrN3O3/c18-13-6-7-15(22)12(10-13)11-19-21-17(24)9-8-16(23)20-14-4-2-1-3-5-14/h1-7,10-11,22H,8-9H2,(H,20,23)(H,21,24)/b19-11+. The predicted molar refractivity (Wildman–Crippen MR) is 95.8 cm³/mol. The van der Waals surface area contributed by atoms with Crippen molar-refractivity contribution < 1.29 is 14.7 Å². The molecule has 0 saturated carbocycles. The summed E-state index contributed by atoms with van der Waals surface area (Å²) in [4.78, 5) is 23.4. The van der Waals surface area contributed by atoms with E-state index < -0.39 is 0 Å². The van der Waals surface area contributed by atoms with Crippen molar-refractivity contribution >= 4 is 39.6 Å². The maximum Gasteiger partial charge on any atom is 0.240 e. The number of hydrogen-bond donors (Lipinski definition) is 3. The summed E-state index contributed by atoms with van der Waals surface area (Å²) in [5.74, 6) is -0.577. The molecule has 0 heterocycles. The summed E-state index contributed by atoms with van der Waals surface area (Å²) in [5, 5.41) is 16.1. The van der Waals surface area contributed by atoms with Crippen molar-refractivity contribution in [3.8, 4) is 5.75 Å². The van der Waals surface area contributed by atoms with Gasteiger partial charge in [-0.05, 0) is 30.3 Å². The second-order valence-corrected chi connectivity index (χ2v) is 5.83. The van der Waals surface area contributed by atoms with E-state index in [2.05, 4.69) is 31.8 Å². The number of halogens is 1. The van der Waals surface area contributed by atoms with Crippen molar-refractivity contribution in [2.24, 2.45) is 5.10 Å². The average Bonchev–Trinajstić information content (AvgIpc) is 2.57. The Kier molecular flexibility index (Phi) is 6.51. The number of hydrazone groups is 1. The topological polar surface area (TPSA) is 90.8 Å². The summed E-state index contributed by atoms with van der Waals surface area (Å²) >= 11 is 3.28. The first-order chi connectivity index (χ1) is 11.5. The van der Waals surface area contributed by atoms with E-state index >= 15 is 0 Å². The molecule has 124 valence electrons. The van der Waals surface area contributed by atoms with E-state index in [4.69, 9.17) is 0 Å². The smallest absolute Gasteiger partial charge is 0.240 e. The highest BCUT2D eigenvalue weighted by atomic mass is 79.9. The molecular formula is C17H16BrN3O3. The molecule has 0 saturated heterocycles. The number of phenols is 1. The molecule has 6 nitrogen and oxygen atoms in total. The van der Waals surface area contributed by atoms with Crippen LogP contribution in [0.5, 0.6) is 5.75 Å². The maximum atomic E-state index is 11.7. The Morgan fingerprint density at radius 3 is 2.54 bits per heavy atom. The van der Waals surface area contributed by atoms with E-state index in [0.29, 0.717) is 11.3 Å². The van der Waals surface area contributed by atoms with Crippen LogP contribution in [0.4, 0.5) is 5.69 Å². The molecule has 2 aromatic rings. The van der Waals surface area contributed by atoms with Gasteiger partial charge in [-0.1, -0.05) is 34.1 Å². The Hall–Kier alpha value is -2.67. The molecule has 24 heavy (non-hydrogen) atoms. The highest BCUT2D eigenvalue weighted by Gasteiger charge is 2.06. The van der Waals surface area contributed by atoms with E-state index in [1.165, 1.54) is 12.3 Å². The fourth-order valence-electron chi connectivity index (χ4n) is 1.83. The molecule has 3 N–H and O–H groups in total. The molecule has 2 amide bonds. The molecule has 0 radical (unpaired) electrons. The zero-order valence-electron chi connectivity index (χ0n) is 12.7. The van der Waals surface area contributed by atoms with Crippen LogP contribution < -0.4 is 10.7 Å². The third kappa shape index (κ3) is 5.85. The molecular weight excluding hydrogens is 374 g/mol. The van der Waals surface area contributed by atoms with Crippen LogP contribution in [0.15, 0.2) is 58.1 Å². The van der Waals surface area contributed by atoms with E-state index in [9.17, 15) is 14.7 Å². The third-order valence-corrected chi connectivity index (χ3v) is 3.51. The number of benzene rings is 2. The van der Waals surface area contributed by atoms with Gasteiger partial charge in [-0.3, -0.25) is 9.59 Å². The Morgan fingerprint density at radius 1 is 1.08 bits per heavy atom. The number of anilines is 1. The molecule has 7 heteroatoms. The highest BCUT2D eigenvalue weighted by molar-refractivity contribution is 9.10. The lowest BCUT2D eigenvalue weighted by molar-refractivity contribution is -0.124. The lowest BCUT2D eigenvalue weighted by atomic mass is 10.2. The highest BCUT2D eigenvalue weighted by Crippen LogP contribution is 2.19. The van der Waals surface area contributed by atoms with Crippen LogP contribution in [0.3, 0.4) is 0 Å². The first-order valence-corrected chi connectivity index (χ1v) is 7.99. The molecule has 2 rings (SSSR count). The number of nitrogens with one attached hydrogen (secondary N) is 2. The normalized spacial score (nSPS) is 10.5. The lowest BCUT2D eigenvalue weighted by Gasteiger charge is -2.04. The number of carbonyl (C=O) groups is 2. The summed E-state index contributed by atoms with van der Waals surface area (Å²) in [6, 6.07) is 13.9. The third-order valence-electron chi connectivity index (χ3n) is 3.02. The van der Waals surface area contributed by atoms with Gasteiger partial charge in [0.25, 0.3) is 0 Å². The molecule has 2 aromatic carbocycles. The van der Waals surface area contributed by atoms with Crippen LogP contribution in [-0.4, -0.2) is 23.1 Å². The van der Waals surface area contributed by atoms with Crippen molar-refractivity contribution in [2.75, 3.05) is 5.32 Å². The second kappa shape index (κ2) is 8.83. The second-order valence-electron chi connectivity index (χ2n) is 4.91. The molecule has 0 aliphatic carbocycles. The molecule has 0 bridgehead atoms. The van der Waals surface area contributed by atoms with Crippen LogP contribution in [0.2, 0.25) is 0 Å². The number of nitrogens with zero attached hydrogens (tertiary/aromatic N) is 1. The van der Waals surface area contributed by atoms with Crippen LogP contribution in [0.25, 0.3) is 0 Å². The minimum atomic E-state index is -0.385. The van der Waals surface area contributed by atoms with Gasteiger partial charge >= 0.3 is 0 Å². The summed E-state index contributed by atoms with van der Waals surface area (Å²) < 4.78 is 0.783. The first kappa shape index (κ1) is 17.7. The number of amides is 2. The zero-order valence-corrected chi connectivity index (χ0v) is 14.3. The summed E-state index contributed by atoms with van der Waals surface area (Å²) in [6.07, 6.45) is 1.40. The number of rotatable bonds is 6. The SMILES string of the molecule is O=C(CCC(=O)Nc1ccccc1)N/N=C/c1cc(Br)ccc1O. The van der Waals surface area contributed by atoms with Crippen molar-refractivity contribution in [1.29, 1.82) is 0 Å². The Balaban J connectivity index is 1.76. The maximum absolute atomic E-state index is 11.7. The molecule has 0 atom stereocenters. The summed E-state index contributed by atoms with van der Waals surface area (Å²) in [6.45, 7) is 0. The molecule has 0 aliphatic heterocycles. The van der Waals surface area contributed by atoms with E-state index in [0.717, 1.165) is 4.47 Å². The van der Waals surface area contributed by atoms with E-state index in [1.807, 2.05) is 18.2 Å². The van der Waals surface area contributed by atoms with Crippen molar-refractivity contribution in [3.05, 3.63) is 58.6 Å². The lowest BCUT2D eigenvalue weighted by Crippen LogP contribution is -2.20. The van der Waals surface area contributed by atoms with Crippen LogP contribution >= 0.6 is 15.9 Å². The Labute approximate surface area is 147 Å². The zero-order chi connectivity index (χ0) is 17.4. The number of hydrogen-bond acceptors (Lipinski definition) is 4. The molecule has 0 fully saturated rings. The van der Waals surface area contributed by atoms with Gasteiger partial charge in [0.05, 0.1) is 6.21 Å². The molecule has 0 unspecified atom stereocenters. The first-order valence-electron chi connectivity index (χ1n) is 7.20. The summed E-state index contributed by atoms with van der Waals surface area (Å²) in [7, 11) is 0. The minimum Gasteiger partial charge on any atom is -0.507 e. The molecule has 0 aromatic heterocycles. The minimum absolute atomic E-state index is 0.0144. The van der Waals surface area contributed by atoms with E-state index in [-0.39, 0.29) is 30.4 Å². The quantitative estimate of drug-likeness (QED) is 0.523. The van der Waals surface area contributed by atoms with E-state index in [1.54, 1.807) is 24.3 Å². The van der Waals surface area contributed by atoms with Crippen LogP contribution in [-0.2, 0) is 9.59 Å². The fourth-order valence-corrected chi connectivity index (χ4v) is 2.21. The largest absolute Gasteiger partial charge is 0.507 e. The van der Waals surface area contributed by atoms with Crippen LogP contribution in [0.1, 0.15) is 18.4 Å². The predicted octanol–water partition coefficient (Wildman–Crippen LogP) is 3.02. The van der Waals surface area contributed by atoms with Gasteiger partial charge in [-0.25, -0.2) is 5.43 Å². The van der Waals surface area contributed by atoms with Gasteiger partial charge in [-0.15, -0.1) is 0 Å². The number of aromatic hydroxyl groups is 1. The van der Waals surface area contributed by atoms with Gasteiger partial charge in [0.15, 0.2) is 0 Å². The molecule has 0 spiro atoms. The van der Waals surface area contributed by atoms with Crippen molar-refractivity contribution in [1.82, 2.24) is 5.43 Å². The monoisotopic (exact) mass is 389 g/mol. The van der Waals surface area contributed by atoms with Crippen molar-refractivity contribution in [2.45, 2.75) is 12.8 Å². The van der Waals surface area contributed by atoms with Gasteiger partial charge in [0.1, 0.15) is 5.75 Å². The molecule has 0 aliphatic rings.